The van der Waals surface area contributed by atoms with Crippen molar-refractivity contribution in [2.75, 3.05) is 18.4 Å². The number of amides is 1. The number of hydrogen-bond donors (Lipinski definition) is 1. The first-order valence-electron chi connectivity index (χ1n) is 9.14. The Morgan fingerprint density at radius 3 is 2.34 bits per heavy atom. The van der Waals surface area contributed by atoms with Crippen molar-refractivity contribution in [1.29, 1.82) is 0 Å². The molecule has 1 aliphatic rings. The number of carbonyl (C=O) groups is 1. The lowest BCUT2D eigenvalue weighted by Gasteiger charge is -2.34. The number of sulfonamides is 1. The van der Waals surface area contributed by atoms with Crippen molar-refractivity contribution < 1.29 is 22.0 Å². The maximum atomic E-state index is 14.3. The second kappa shape index (κ2) is 8.49. The Morgan fingerprint density at radius 2 is 1.72 bits per heavy atom. The molecule has 0 aliphatic carbocycles. The van der Waals surface area contributed by atoms with E-state index in [1.165, 1.54) is 16.4 Å². The number of nitrogens with one attached hydrogen (secondary N) is 1. The smallest absolute Gasteiger partial charge is 0.258 e. The molecule has 0 bridgehead atoms. The Morgan fingerprint density at radius 1 is 1.07 bits per heavy atom. The van der Waals surface area contributed by atoms with Crippen LogP contribution in [-0.2, 0) is 10.0 Å². The second-order valence-electron chi connectivity index (χ2n) is 7.49. The third-order valence-corrected chi connectivity index (χ3v) is 7.16. The van der Waals surface area contributed by atoms with Gasteiger partial charge in [0.2, 0.25) is 10.0 Å². The highest BCUT2D eigenvalue weighted by atomic mass is 79.9. The number of rotatable bonds is 4. The quantitative estimate of drug-likeness (QED) is 0.683. The van der Waals surface area contributed by atoms with Gasteiger partial charge in [-0.25, -0.2) is 17.2 Å². The fraction of sp³-hybridized carbons (Fsp3) is 0.350. The summed E-state index contributed by atoms with van der Waals surface area (Å²) in [7, 11) is -3.88. The molecule has 0 radical (unpaired) electrons. The Labute approximate surface area is 177 Å². The standard InChI is InChI=1S/C20H21BrF2N2O3S/c1-12-7-13(2)11-25(10-12)29(27,28)15-4-5-17(22)16(9-15)20(26)24-19-6-3-14(21)8-18(19)23/h3-6,8-9,12-13H,7,10-11H2,1-2H3,(H,24,26)/t12-,13+. The Kier molecular flexibility index (Phi) is 6.40. The molecule has 1 fully saturated rings. The molecule has 2 atom stereocenters. The number of benzene rings is 2. The maximum absolute atomic E-state index is 14.3. The lowest BCUT2D eigenvalue weighted by molar-refractivity contribution is 0.102. The molecule has 1 N–H and O–H groups in total. The summed E-state index contributed by atoms with van der Waals surface area (Å²) in [4.78, 5) is 12.3. The van der Waals surface area contributed by atoms with Gasteiger partial charge in [-0.05, 0) is 54.7 Å². The first-order valence-corrected chi connectivity index (χ1v) is 11.4. The van der Waals surface area contributed by atoms with Gasteiger partial charge in [-0.3, -0.25) is 4.79 Å². The lowest BCUT2D eigenvalue weighted by Crippen LogP contribution is -2.42. The van der Waals surface area contributed by atoms with E-state index in [4.69, 9.17) is 0 Å². The third-order valence-electron chi connectivity index (χ3n) is 4.83. The predicted octanol–water partition coefficient (Wildman–Crippen LogP) is 4.65. The third kappa shape index (κ3) is 4.84. The number of hydrogen-bond acceptors (Lipinski definition) is 3. The van der Waals surface area contributed by atoms with E-state index in [0.29, 0.717) is 17.6 Å². The average Bonchev–Trinajstić information content (AvgIpc) is 2.63. The molecule has 0 saturated carbocycles. The number of nitrogens with zero attached hydrogens (tertiary/aromatic N) is 1. The fourth-order valence-corrected chi connectivity index (χ4v) is 5.61. The predicted molar refractivity (Wildman–Crippen MR) is 110 cm³/mol. The van der Waals surface area contributed by atoms with Crippen LogP contribution in [-0.4, -0.2) is 31.7 Å². The Hall–Kier alpha value is -1.84. The van der Waals surface area contributed by atoms with Gasteiger partial charge in [-0.15, -0.1) is 0 Å². The summed E-state index contributed by atoms with van der Waals surface area (Å²) in [6.07, 6.45) is 0.932. The number of piperidine rings is 1. The van der Waals surface area contributed by atoms with Crippen LogP contribution in [0.15, 0.2) is 45.8 Å². The zero-order valence-corrected chi connectivity index (χ0v) is 18.4. The molecule has 2 aromatic carbocycles. The zero-order valence-electron chi connectivity index (χ0n) is 16.0. The van der Waals surface area contributed by atoms with E-state index in [9.17, 15) is 22.0 Å². The highest BCUT2D eigenvalue weighted by Gasteiger charge is 2.32. The second-order valence-corrected chi connectivity index (χ2v) is 10.3. The van der Waals surface area contributed by atoms with Crippen molar-refractivity contribution in [3.8, 4) is 0 Å². The van der Waals surface area contributed by atoms with E-state index < -0.39 is 33.1 Å². The van der Waals surface area contributed by atoms with Gasteiger partial charge in [0, 0.05) is 17.6 Å². The molecule has 5 nitrogen and oxygen atoms in total. The molecule has 9 heteroatoms. The fourth-order valence-electron chi connectivity index (χ4n) is 3.57. The zero-order chi connectivity index (χ0) is 21.3. The van der Waals surface area contributed by atoms with Crippen LogP contribution >= 0.6 is 15.9 Å². The summed E-state index contributed by atoms with van der Waals surface area (Å²) in [6, 6.07) is 7.09. The summed E-state index contributed by atoms with van der Waals surface area (Å²) in [5.74, 6) is -2.11. The van der Waals surface area contributed by atoms with Crippen LogP contribution in [0.3, 0.4) is 0 Å². The van der Waals surface area contributed by atoms with Crippen molar-refractivity contribution in [2.24, 2.45) is 11.8 Å². The summed E-state index contributed by atoms with van der Waals surface area (Å²) >= 11 is 3.11. The van der Waals surface area contributed by atoms with Gasteiger partial charge in [0.15, 0.2) is 0 Å². The number of halogens is 3. The summed E-state index contributed by atoms with van der Waals surface area (Å²) in [6.45, 7) is 4.70. The van der Waals surface area contributed by atoms with Crippen molar-refractivity contribution in [2.45, 2.75) is 25.2 Å². The monoisotopic (exact) mass is 486 g/mol. The highest BCUT2D eigenvalue weighted by molar-refractivity contribution is 9.10. The van der Waals surface area contributed by atoms with Gasteiger partial charge in [-0.1, -0.05) is 29.8 Å². The first-order chi connectivity index (χ1) is 13.6. The van der Waals surface area contributed by atoms with Crippen LogP contribution in [0.4, 0.5) is 14.5 Å². The molecule has 29 heavy (non-hydrogen) atoms. The summed E-state index contributed by atoms with van der Waals surface area (Å²) < 4.78 is 56.1. The normalized spacial score (nSPS) is 20.4. The molecule has 2 aromatic rings. The minimum Gasteiger partial charge on any atom is -0.319 e. The van der Waals surface area contributed by atoms with Crippen molar-refractivity contribution in [3.05, 3.63) is 58.1 Å². The minimum absolute atomic E-state index is 0.135. The van der Waals surface area contributed by atoms with Crippen molar-refractivity contribution in [3.63, 3.8) is 0 Å². The van der Waals surface area contributed by atoms with E-state index in [-0.39, 0.29) is 22.4 Å². The van der Waals surface area contributed by atoms with Gasteiger partial charge < -0.3 is 5.32 Å². The van der Waals surface area contributed by atoms with E-state index in [1.807, 2.05) is 13.8 Å². The van der Waals surface area contributed by atoms with E-state index >= 15 is 0 Å². The molecule has 0 unspecified atom stereocenters. The van der Waals surface area contributed by atoms with Crippen LogP contribution in [0.2, 0.25) is 0 Å². The maximum Gasteiger partial charge on any atom is 0.258 e. The molecule has 1 aliphatic heterocycles. The van der Waals surface area contributed by atoms with E-state index in [0.717, 1.165) is 30.7 Å². The Bertz CT molecular complexity index is 1040. The summed E-state index contributed by atoms with van der Waals surface area (Å²) in [5.41, 5.74) is -0.601. The molecule has 1 heterocycles. The van der Waals surface area contributed by atoms with Crippen LogP contribution in [0.1, 0.15) is 30.6 Å². The molecule has 0 spiro atoms. The van der Waals surface area contributed by atoms with Gasteiger partial charge in [-0.2, -0.15) is 4.31 Å². The van der Waals surface area contributed by atoms with Gasteiger partial charge in [0.1, 0.15) is 11.6 Å². The first kappa shape index (κ1) is 21.9. The topological polar surface area (TPSA) is 66.5 Å². The molecule has 0 aromatic heterocycles. The molecule has 156 valence electrons. The van der Waals surface area contributed by atoms with E-state index in [2.05, 4.69) is 21.2 Å². The lowest BCUT2D eigenvalue weighted by atomic mass is 9.94. The minimum atomic E-state index is -3.88. The Balaban J connectivity index is 1.90. The molecule has 1 amide bonds. The summed E-state index contributed by atoms with van der Waals surface area (Å²) in [5, 5.41) is 2.28. The van der Waals surface area contributed by atoms with Crippen LogP contribution in [0.25, 0.3) is 0 Å². The molecular weight excluding hydrogens is 466 g/mol. The van der Waals surface area contributed by atoms with Crippen LogP contribution in [0, 0.1) is 23.5 Å². The molecule has 3 rings (SSSR count). The van der Waals surface area contributed by atoms with Crippen LogP contribution < -0.4 is 5.32 Å². The number of carbonyl (C=O) groups excluding carboxylic acids is 1. The van der Waals surface area contributed by atoms with Crippen molar-refractivity contribution >= 4 is 37.5 Å². The number of anilines is 1. The molecular formula is C20H21BrF2N2O3S. The largest absolute Gasteiger partial charge is 0.319 e. The van der Waals surface area contributed by atoms with Gasteiger partial charge in [0.25, 0.3) is 5.91 Å². The van der Waals surface area contributed by atoms with E-state index in [1.54, 1.807) is 0 Å². The SMILES string of the molecule is C[C@@H]1C[C@H](C)CN(S(=O)(=O)c2ccc(F)c(C(=O)Nc3ccc(Br)cc3F)c2)C1. The van der Waals surface area contributed by atoms with Gasteiger partial charge in [0.05, 0.1) is 16.1 Å². The van der Waals surface area contributed by atoms with Gasteiger partial charge >= 0.3 is 0 Å². The van der Waals surface area contributed by atoms with Crippen LogP contribution in [0.5, 0.6) is 0 Å². The van der Waals surface area contributed by atoms with Crippen molar-refractivity contribution in [1.82, 2.24) is 4.31 Å². The highest BCUT2D eigenvalue weighted by Crippen LogP contribution is 2.28. The molecule has 1 saturated heterocycles. The average molecular weight is 487 g/mol.